The Morgan fingerprint density at radius 1 is 1.12 bits per heavy atom. The first-order chi connectivity index (χ1) is 11.7. The van der Waals surface area contributed by atoms with Crippen LogP contribution in [-0.2, 0) is 10.2 Å². The van der Waals surface area contributed by atoms with Crippen LogP contribution >= 0.6 is 0 Å². The molecule has 0 unspecified atom stereocenters. The maximum atomic E-state index is 12.1. The zero-order chi connectivity index (χ0) is 20.0. The van der Waals surface area contributed by atoms with Gasteiger partial charge in [0.25, 0.3) is 0 Å². The van der Waals surface area contributed by atoms with Crippen LogP contribution in [0.4, 0.5) is 4.79 Å². The summed E-state index contributed by atoms with van der Waals surface area (Å²) in [7, 11) is 0. The lowest BCUT2D eigenvalue weighted by atomic mass is 9.61. The summed E-state index contributed by atoms with van der Waals surface area (Å²) in [5.74, 6) is 0.830. The Bertz CT molecular complexity index is 682. The molecule has 0 bridgehead atoms. The summed E-state index contributed by atoms with van der Waals surface area (Å²) >= 11 is 0. The molecule has 0 aromatic heterocycles. The van der Waals surface area contributed by atoms with Crippen molar-refractivity contribution in [1.82, 2.24) is 5.32 Å². The molecule has 4 heteroatoms. The number of amides is 1. The van der Waals surface area contributed by atoms with E-state index >= 15 is 0 Å². The Hall–Kier alpha value is -1.97. The number of carbonyl (C=O) groups excluding carboxylic acids is 1. The average Bonchev–Trinajstić information content (AvgIpc) is 2.83. The number of rotatable bonds is 5. The Labute approximate surface area is 158 Å². The first kappa shape index (κ1) is 20.3. The summed E-state index contributed by atoms with van der Waals surface area (Å²) in [6.07, 6.45) is 1.14. The molecule has 0 spiro atoms. The molecule has 144 valence electrons. The fourth-order valence-electron chi connectivity index (χ4n) is 3.61. The van der Waals surface area contributed by atoms with Crippen LogP contribution in [-0.4, -0.2) is 23.3 Å². The van der Waals surface area contributed by atoms with Crippen molar-refractivity contribution >= 4 is 6.09 Å². The summed E-state index contributed by atoms with van der Waals surface area (Å²) in [6.45, 7) is 20.4. The second-order valence-electron chi connectivity index (χ2n) is 9.50. The van der Waals surface area contributed by atoms with Gasteiger partial charge in [-0.25, -0.2) is 4.79 Å². The SMILES string of the molecule is C=CC(C)(C)[C@@H]1OC(=O)N[C@]1(C)C(C)(C)c1ccc(OC(C)(C)C)cc1. The molecule has 1 aliphatic heterocycles. The predicted octanol–water partition coefficient (Wildman–Crippen LogP) is 5.22. The zero-order valence-corrected chi connectivity index (χ0v) is 17.4. The molecule has 1 saturated heterocycles. The van der Waals surface area contributed by atoms with E-state index in [0.29, 0.717) is 0 Å². The van der Waals surface area contributed by atoms with Crippen LogP contribution in [0.1, 0.15) is 61.0 Å². The van der Waals surface area contributed by atoms with E-state index in [2.05, 4.69) is 37.9 Å². The van der Waals surface area contributed by atoms with Gasteiger partial charge in [-0.15, -0.1) is 6.58 Å². The van der Waals surface area contributed by atoms with E-state index in [-0.39, 0.29) is 28.6 Å². The number of hydrogen-bond acceptors (Lipinski definition) is 3. The van der Waals surface area contributed by atoms with Gasteiger partial charge < -0.3 is 14.8 Å². The van der Waals surface area contributed by atoms with Crippen molar-refractivity contribution in [3.63, 3.8) is 0 Å². The fourth-order valence-corrected chi connectivity index (χ4v) is 3.61. The molecule has 2 atom stereocenters. The average molecular weight is 360 g/mol. The van der Waals surface area contributed by atoms with Crippen LogP contribution < -0.4 is 10.1 Å². The van der Waals surface area contributed by atoms with Gasteiger partial charge in [-0.1, -0.05) is 45.9 Å². The second-order valence-corrected chi connectivity index (χ2v) is 9.50. The molecule has 1 aliphatic rings. The molecule has 0 radical (unpaired) electrons. The quantitative estimate of drug-likeness (QED) is 0.733. The van der Waals surface area contributed by atoms with E-state index < -0.39 is 5.54 Å². The van der Waals surface area contributed by atoms with E-state index in [0.717, 1.165) is 11.3 Å². The van der Waals surface area contributed by atoms with Gasteiger partial charge in [0.15, 0.2) is 0 Å². The number of nitrogens with one attached hydrogen (secondary N) is 1. The van der Waals surface area contributed by atoms with Crippen LogP contribution in [0.5, 0.6) is 5.75 Å². The van der Waals surface area contributed by atoms with Gasteiger partial charge in [0.1, 0.15) is 17.5 Å². The molecule has 0 aliphatic carbocycles. The van der Waals surface area contributed by atoms with E-state index in [1.54, 1.807) is 0 Å². The monoisotopic (exact) mass is 359 g/mol. The van der Waals surface area contributed by atoms with Gasteiger partial charge in [-0.3, -0.25) is 0 Å². The molecule has 2 rings (SSSR count). The minimum Gasteiger partial charge on any atom is -0.488 e. The summed E-state index contributed by atoms with van der Waals surface area (Å²) in [6, 6.07) is 8.09. The molecule has 4 nitrogen and oxygen atoms in total. The molecular weight excluding hydrogens is 326 g/mol. The lowest BCUT2D eigenvalue weighted by Crippen LogP contribution is -2.62. The molecular formula is C22H33NO3. The van der Waals surface area contributed by atoms with Gasteiger partial charge in [0.05, 0.1) is 5.54 Å². The maximum absolute atomic E-state index is 12.1. The van der Waals surface area contributed by atoms with Crippen molar-refractivity contribution < 1.29 is 14.3 Å². The van der Waals surface area contributed by atoms with Crippen molar-refractivity contribution in [3.8, 4) is 5.75 Å². The molecule has 1 heterocycles. The standard InChI is InChI=1S/C22H33NO3/c1-10-20(5,6)17-22(9,23-18(24)25-17)21(7,8)15-11-13-16(14-12-15)26-19(2,3)4/h10-14,17H,1H2,2-9H3,(H,23,24)/t17-,22-/m0/s1. The third kappa shape index (κ3) is 3.60. The largest absolute Gasteiger partial charge is 0.488 e. The fraction of sp³-hybridized carbons (Fsp3) is 0.591. The Morgan fingerprint density at radius 2 is 1.65 bits per heavy atom. The van der Waals surface area contributed by atoms with Crippen LogP contribution in [0.15, 0.2) is 36.9 Å². The summed E-state index contributed by atoms with van der Waals surface area (Å²) in [5.41, 5.74) is -0.453. The van der Waals surface area contributed by atoms with Gasteiger partial charge in [0.2, 0.25) is 0 Å². The zero-order valence-electron chi connectivity index (χ0n) is 17.4. The number of hydrogen-bond donors (Lipinski definition) is 1. The number of alkyl carbamates (subject to hydrolysis) is 1. The molecule has 1 amide bonds. The van der Waals surface area contributed by atoms with Crippen molar-refractivity contribution in [1.29, 1.82) is 0 Å². The van der Waals surface area contributed by atoms with Crippen molar-refractivity contribution in [2.45, 2.75) is 78.0 Å². The second kappa shape index (κ2) is 6.33. The lowest BCUT2D eigenvalue weighted by Gasteiger charge is -2.47. The third-order valence-corrected chi connectivity index (χ3v) is 5.61. The lowest BCUT2D eigenvalue weighted by molar-refractivity contribution is 0.0197. The molecule has 1 fully saturated rings. The highest BCUT2D eigenvalue weighted by atomic mass is 16.6. The molecule has 1 N–H and O–H groups in total. The minimum atomic E-state index is -0.589. The highest BCUT2D eigenvalue weighted by Crippen LogP contribution is 2.47. The summed E-state index contributed by atoms with van der Waals surface area (Å²) in [4.78, 5) is 12.1. The summed E-state index contributed by atoms with van der Waals surface area (Å²) < 4.78 is 11.6. The van der Waals surface area contributed by atoms with Crippen molar-refractivity contribution in [2.24, 2.45) is 5.41 Å². The molecule has 26 heavy (non-hydrogen) atoms. The topological polar surface area (TPSA) is 47.6 Å². The summed E-state index contributed by atoms with van der Waals surface area (Å²) in [5, 5.41) is 3.07. The van der Waals surface area contributed by atoms with E-state index in [9.17, 15) is 4.79 Å². The molecule has 1 aromatic carbocycles. The minimum absolute atomic E-state index is 0.241. The predicted molar refractivity (Wildman–Crippen MR) is 106 cm³/mol. The van der Waals surface area contributed by atoms with E-state index in [4.69, 9.17) is 9.47 Å². The molecule has 1 aromatic rings. The molecule has 0 saturated carbocycles. The van der Waals surface area contributed by atoms with Gasteiger partial charge in [-0.05, 0) is 45.4 Å². The van der Waals surface area contributed by atoms with Crippen molar-refractivity contribution in [2.75, 3.05) is 0 Å². The van der Waals surface area contributed by atoms with Crippen LogP contribution in [0.2, 0.25) is 0 Å². The van der Waals surface area contributed by atoms with Gasteiger partial charge in [0, 0.05) is 10.8 Å². The normalized spacial score (nSPS) is 24.0. The smallest absolute Gasteiger partial charge is 0.408 e. The van der Waals surface area contributed by atoms with Gasteiger partial charge >= 0.3 is 6.09 Å². The highest BCUT2D eigenvalue weighted by molar-refractivity contribution is 5.72. The van der Waals surface area contributed by atoms with E-state index in [1.807, 2.05) is 59.8 Å². The van der Waals surface area contributed by atoms with Crippen LogP contribution in [0.3, 0.4) is 0 Å². The van der Waals surface area contributed by atoms with Gasteiger partial charge in [-0.2, -0.15) is 0 Å². The maximum Gasteiger partial charge on any atom is 0.408 e. The number of ether oxygens (including phenoxy) is 2. The number of cyclic esters (lactones) is 1. The Morgan fingerprint density at radius 3 is 2.12 bits per heavy atom. The third-order valence-electron chi connectivity index (χ3n) is 5.61. The van der Waals surface area contributed by atoms with E-state index in [1.165, 1.54) is 0 Å². The van der Waals surface area contributed by atoms with Crippen LogP contribution in [0, 0.1) is 5.41 Å². The first-order valence-corrected chi connectivity index (χ1v) is 9.15. The van der Waals surface area contributed by atoms with Crippen LogP contribution in [0.25, 0.3) is 0 Å². The van der Waals surface area contributed by atoms with Crippen molar-refractivity contribution in [3.05, 3.63) is 42.5 Å². The Kier molecular flexibility index (Phi) is 4.95. The first-order valence-electron chi connectivity index (χ1n) is 9.15. The number of benzene rings is 1. The Balaban J connectivity index is 2.41. The number of carbonyl (C=O) groups is 1. The highest BCUT2D eigenvalue weighted by Gasteiger charge is 2.59.